The van der Waals surface area contributed by atoms with Crippen molar-refractivity contribution in [2.45, 2.75) is 21.3 Å². The number of hydrogen-bond donors (Lipinski definition) is 0. The summed E-state index contributed by atoms with van der Waals surface area (Å²) in [5, 5.41) is 0.595. The second-order valence-corrected chi connectivity index (χ2v) is 4.58. The summed E-state index contributed by atoms with van der Waals surface area (Å²) >= 11 is 5.76. The van der Waals surface area contributed by atoms with Gasteiger partial charge in [0, 0.05) is 5.02 Å². The summed E-state index contributed by atoms with van der Waals surface area (Å²) < 4.78 is 5.29. The SMILES string of the molecule is C.Cc1ccc(OC(=O)c2ccc(Cl)cc2)cc1C. The third-order valence-corrected chi connectivity index (χ3v) is 3.02. The molecule has 0 aromatic heterocycles. The van der Waals surface area contributed by atoms with E-state index in [0.717, 1.165) is 5.56 Å². The molecule has 0 saturated heterocycles. The maximum atomic E-state index is 11.9. The van der Waals surface area contributed by atoms with Gasteiger partial charge in [0.15, 0.2) is 0 Å². The lowest BCUT2D eigenvalue weighted by Gasteiger charge is -2.06. The van der Waals surface area contributed by atoms with Crippen LogP contribution >= 0.6 is 11.6 Å². The quantitative estimate of drug-likeness (QED) is 0.581. The van der Waals surface area contributed by atoms with Crippen LogP contribution < -0.4 is 4.74 Å². The average Bonchev–Trinajstić information content (AvgIpc) is 2.34. The normalized spacial score (nSPS) is 9.63. The Balaban J connectivity index is 0.00000180. The van der Waals surface area contributed by atoms with Crippen LogP contribution in [0.2, 0.25) is 5.02 Å². The summed E-state index contributed by atoms with van der Waals surface area (Å²) in [6.45, 7) is 4.00. The van der Waals surface area contributed by atoms with Crippen molar-refractivity contribution in [1.82, 2.24) is 0 Å². The maximum Gasteiger partial charge on any atom is 0.343 e. The first-order chi connectivity index (χ1) is 8.56. The molecule has 0 atom stereocenters. The highest BCUT2D eigenvalue weighted by molar-refractivity contribution is 6.30. The fourth-order valence-corrected chi connectivity index (χ4v) is 1.66. The summed E-state index contributed by atoms with van der Waals surface area (Å²) in [5.41, 5.74) is 2.75. The lowest BCUT2D eigenvalue weighted by Crippen LogP contribution is -2.08. The monoisotopic (exact) mass is 276 g/mol. The number of halogens is 1. The smallest absolute Gasteiger partial charge is 0.343 e. The molecular formula is C16H17ClO2. The Morgan fingerprint density at radius 1 is 1.00 bits per heavy atom. The van der Waals surface area contributed by atoms with Crippen LogP contribution in [-0.4, -0.2) is 5.97 Å². The van der Waals surface area contributed by atoms with E-state index in [1.165, 1.54) is 5.56 Å². The van der Waals surface area contributed by atoms with Gasteiger partial charge in [-0.3, -0.25) is 0 Å². The van der Waals surface area contributed by atoms with Gasteiger partial charge in [0.1, 0.15) is 5.75 Å². The zero-order valence-corrected chi connectivity index (χ0v) is 11.0. The highest BCUT2D eigenvalue weighted by atomic mass is 35.5. The van der Waals surface area contributed by atoms with E-state index in [2.05, 4.69) is 0 Å². The molecule has 0 fully saturated rings. The fourth-order valence-electron chi connectivity index (χ4n) is 1.53. The van der Waals surface area contributed by atoms with Crippen LogP contribution in [0, 0.1) is 13.8 Å². The fraction of sp³-hybridized carbons (Fsp3) is 0.188. The van der Waals surface area contributed by atoms with Crippen molar-refractivity contribution in [3.63, 3.8) is 0 Å². The number of benzene rings is 2. The minimum Gasteiger partial charge on any atom is -0.423 e. The lowest BCUT2D eigenvalue weighted by molar-refractivity contribution is 0.0734. The van der Waals surface area contributed by atoms with Crippen molar-refractivity contribution >= 4 is 17.6 Å². The number of carbonyl (C=O) groups excluding carboxylic acids is 1. The van der Waals surface area contributed by atoms with Gasteiger partial charge in [-0.25, -0.2) is 4.79 Å². The Morgan fingerprint density at radius 3 is 2.21 bits per heavy atom. The van der Waals surface area contributed by atoms with Crippen molar-refractivity contribution in [2.75, 3.05) is 0 Å². The van der Waals surface area contributed by atoms with Crippen LogP contribution in [0.5, 0.6) is 5.75 Å². The number of ether oxygens (including phenoxy) is 1. The van der Waals surface area contributed by atoms with E-state index in [4.69, 9.17) is 16.3 Å². The van der Waals surface area contributed by atoms with Crippen molar-refractivity contribution in [2.24, 2.45) is 0 Å². The van der Waals surface area contributed by atoms with Gasteiger partial charge >= 0.3 is 5.97 Å². The molecule has 100 valence electrons. The molecule has 3 heteroatoms. The number of aryl methyl sites for hydroxylation is 2. The van der Waals surface area contributed by atoms with Gasteiger partial charge in [-0.2, -0.15) is 0 Å². The van der Waals surface area contributed by atoms with E-state index in [-0.39, 0.29) is 13.4 Å². The summed E-state index contributed by atoms with van der Waals surface area (Å²) in [6.07, 6.45) is 0. The second kappa shape index (κ2) is 6.39. The Hall–Kier alpha value is -1.80. The second-order valence-electron chi connectivity index (χ2n) is 4.14. The maximum absolute atomic E-state index is 11.9. The molecule has 0 aliphatic rings. The molecule has 2 aromatic carbocycles. The molecular weight excluding hydrogens is 260 g/mol. The van der Waals surface area contributed by atoms with Crippen molar-refractivity contribution in [3.05, 3.63) is 64.2 Å². The van der Waals surface area contributed by atoms with E-state index in [9.17, 15) is 4.79 Å². The molecule has 19 heavy (non-hydrogen) atoms. The van der Waals surface area contributed by atoms with Crippen LogP contribution in [0.3, 0.4) is 0 Å². The molecule has 0 saturated carbocycles. The molecule has 0 unspecified atom stereocenters. The van der Waals surface area contributed by atoms with Gasteiger partial charge in [0.05, 0.1) is 5.56 Å². The first-order valence-corrected chi connectivity index (χ1v) is 5.99. The van der Waals surface area contributed by atoms with Crippen LogP contribution in [0.15, 0.2) is 42.5 Å². The summed E-state index contributed by atoms with van der Waals surface area (Å²) in [5.74, 6) is 0.174. The summed E-state index contributed by atoms with van der Waals surface area (Å²) in [4.78, 5) is 11.9. The average molecular weight is 277 g/mol. The van der Waals surface area contributed by atoms with Gasteiger partial charge < -0.3 is 4.74 Å². The van der Waals surface area contributed by atoms with Crippen LogP contribution in [0.25, 0.3) is 0 Å². The number of carbonyl (C=O) groups is 1. The Bertz CT molecular complexity index is 574. The molecule has 2 aromatic rings. The Kier molecular flexibility index (Phi) is 5.13. The predicted molar refractivity (Wildman–Crippen MR) is 79.1 cm³/mol. The molecule has 0 radical (unpaired) electrons. The number of hydrogen-bond acceptors (Lipinski definition) is 2. The van der Waals surface area contributed by atoms with E-state index >= 15 is 0 Å². The summed E-state index contributed by atoms with van der Waals surface area (Å²) in [6, 6.07) is 12.2. The predicted octanol–water partition coefficient (Wildman–Crippen LogP) is 4.81. The van der Waals surface area contributed by atoms with Crippen molar-refractivity contribution < 1.29 is 9.53 Å². The van der Waals surface area contributed by atoms with Crippen LogP contribution in [0.1, 0.15) is 28.9 Å². The molecule has 2 rings (SSSR count). The molecule has 2 nitrogen and oxygen atoms in total. The van der Waals surface area contributed by atoms with Crippen LogP contribution in [0.4, 0.5) is 0 Å². The number of esters is 1. The Labute approximate surface area is 119 Å². The minimum absolute atomic E-state index is 0. The minimum atomic E-state index is -0.380. The molecule has 0 heterocycles. The highest BCUT2D eigenvalue weighted by Crippen LogP contribution is 2.18. The molecule has 0 aliphatic carbocycles. The largest absolute Gasteiger partial charge is 0.423 e. The topological polar surface area (TPSA) is 26.3 Å². The first-order valence-electron chi connectivity index (χ1n) is 5.61. The molecule has 0 aliphatic heterocycles. The Morgan fingerprint density at radius 2 is 1.63 bits per heavy atom. The molecule has 0 spiro atoms. The summed E-state index contributed by atoms with van der Waals surface area (Å²) in [7, 11) is 0. The molecule has 0 bridgehead atoms. The van der Waals surface area contributed by atoms with Gasteiger partial charge in [0.2, 0.25) is 0 Å². The zero-order valence-electron chi connectivity index (χ0n) is 10.2. The highest BCUT2D eigenvalue weighted by Gasteiger charge is 2.08. The first kappa shape index (κ1) is 15.3. The third-order valence-electron chi connectivity index (χ3n) is 2.77. The molecule has 0 amide bonds. The van der Waals surface area contributed by atoms with Gasteiger partial charge in [0.25, 0.3) is 0 Å². The van der Waals surface area contributed by atoms with E-state index in [1.807, 2.05) is 26.0 Å². The zero-order chi connectivity index (χ0) is 13.1. The van der Waals surface area contributed by atoms with Crippen LogP contribution in [-0.2, 0) is 0 Å². The third kappa shape index (κ3) is 3.83. The lowest BCUT2D eigenvalue weighted by atomic mass is 10.1. The standard InChI is InChI=1S/C15H13ClO2.CH4/c1-10-3-8-14(9-11(10)2)18-15(17)12-4-6-13(16)7-5-12;/h3-9H,1-2H3;1H4. The van der Waals surface area contributed by atoms with E-state index in [1.54, 1.807) is 30.3 Å². The van der Waals surface area contributed by atoms with E-state index in [0.29, 0.717) is 16.3 Å². The van der Waals surface area contributed by atoms with Gasteiger partial charge in [-0.05, 0) is 61.4 Å². The number of rotatable bonds is 2. The van der Waals surface area contributed by atoms with Crippen molar-refractivity contribution in [3.8, 4) is 5.75 Å². The molecule has 0 N–H and O–H groups in total. The van der Waals surface area contributed by atoms with Crippen molar-refractivity contribution in [1.29, 1.82) is 0 Å². The van der Waals surface area contributed by atoms with E-state index < -0.39 is 0 Å². The van der Waals surface area contributed by atoms with Gasteiger partial charge in [-0.1, -0.05) is 25.1 Å². The van der Waals surface area contributed by atoms with Gasteiger partial charge in [-0.15, -0.1) is 0 Å².